The third-order valence-corrected chi connectivity index (χ3v) is 7.33. The lowest BCUT2D eigenvalue weighted by Gasteiger charge is -2.37. The highest BCUT2D eigenvalue weighted by atomic mass is 16.4. The Morgan fingerprint density at radius 2 is 1.10 bits per heavy atom. The molecule has 11 heteroatoms. The van der Waals surface area contributed by atoms with Crippen LogP contribution in [0.2, 0.25) is 0 Å². The molecule has 0 saturated carbocycles. The second-order valence-electron chi connectivity index (χ2n) is 11.0. The Morgan fingerprint density at radius 1 is 0.690 bits per heavy atom. The maximum absolute atomic E-state index is 13.0. The first-order valence-corrected chi connectivity index (χ1v) is 13.5. The summed E-state index contributed by atoms with van der Waals surface area (Å²) in [5, 5.41) is 18.9. The molecule has 0 fully saturated rings. The van der Waals surface area contributed by atoms with Gasteiger partial charge in [-0.15, -0.1) is 0 Å². The zero-order chi connectivity index (χ0) is 31.2. The number of carboxylic acid groups (broad SMARTS) is 2. The van der Waals surface area contributed by atoms with Crippen LogP contribution < -0.4 is 5.32 Å². The Balaban J connectivity index is 0.000000531. The highest BCUT2D eigenvalue weighted by Gasteiger charge is 2.45. The maximum Gasteiger partial charge on any atom is 0.328 e. The summed E-state index contributed by atoms with van der Waals surface area (Å²) in [6.45, 7) is 8.93. The molecule has 0 saturated heterocycles. The Labute approximate surface area is 243 Å². The fraction of sp³-hybridized carbons (Fsp3) is 0.355. The summed E-state index contributed by atoms with van der Waals surface area (Å²) in [6.07, 6.45) is 1.69. The number of amides is 4. The standard InChI is InChI=1S/C27H31N3O4.C4H4O4/c1-26(2)20-12-7-5-10-18(20)22(31)29(24(26)33)16-9-14-28-15-17-30-23(32)19-11-6-8-13-21(19)27(3,4)25(30)34;5-3(6)1-2-4(7)8/h5-8,10-13,28H,9,14-17H2,1-4H3;1-2H,(H,5,6)(H,7,8)/b;2-1+. The maximum atomic E-state index is 13.0. The van der Waals surface area contributed by atoms with Gasteiger partial charge in [0.15, 0.2) is 0 Å². The SMILES string of the molecule is CC1(C)C(=O)N(CCCNCCN2C(=O)c3ccccc3C(C)(C)C2=O)C(=O)c2ccccc21.O=C(O)/C=C/C(=O)O. The molecular weight excluding hydrogens is 542 g/mol. The molecule has 0 aromatic heterocycles. The molecule has 2 aromatic rings. The van der Waals surface area contributed by atoms with E-state index in [9.17, 15) is 28.8 Å². The molecule has 0 spiro atoms. The number of imide groups is 2. The van der Waals surface area contributed by atoms with Crippen LogP contribution in [0.1, 0.15) is 66.0 Å². The molecule has 0 unspecified atom stereocenters. The van der Waals surface area contributed by atoms with E-state index in [0.717, 1.165) is 11.1 Å². The van der Waals surface area contributed by atoms with Gasteiger partial charge >= 0.3 is 11.9 Å². The first-order chi connectivity index (χ1) is 19.7. The largest absolute Gasteiger partial charge is 0.478 e. The van der Waals surface area contributed by atoms with Gasteiger partial charge in [0.05, 0.1) is 10.8 Å². The minimum atomic E-state index is -1.26. The molecule has 2 heterocycles. The number of rotatable bonds is 9. The smallest absolute Gasteiger partial charge is 0.328 e. The van der Waals surface area contributed by atoms with E-state index in [1.54, 1.807) is 12.1 Å². The number of hydrogen-bond donors (Lipinski definition) is 3. The van der Waals surface area contributed by atoms with Crippen molar-refractivity contribution in [1.29, 1.82) is 0 Å². The van der Waals surface area contributed by atoms with Gasteiger partial charge in [-0.1, -0.05) is 36.4 Å². The van der Waals surface area contributed by atoms with E-state index < -0.39 is 22.8 Å². The van der Waals surface area contributed by atoms with Gasteiger partial charge in [0.1, 0.15) is 0 Å². The van der Waals surface area contributed by atoms with Crippen LogP contribution in [0, 0.1) is 0 Å². The van der Waals surface area contributed by atoms with Gasteiger partial charge in [0.2, 0.25) is 11.8 Å². The van der Waals surface area contributed by atoms with E-state index in [1.165, 1.54) is 9.80 Å². The van der Waals surface area contributed by atoms with Crippen LogP contribution in [0.4, 0.5) is 0 Å². The molecule has 2 aliphatic rings. The number of fused-ring (bicyclic) bond motifs is 2. The number of carbonyl (C=O) groups excluding carboxylic acids is 4. The normalized spacial score (nSPS) is 17.0. The third kappa shape index (κ3) is 6.63. The number of aliphatic carboxylic acids is 2. The fourth-order valence-electron chi connectivity index (χ4n) is 5.04. The van der Waals surface area contributed by atoms with Gasteiger partial charge in [-0.3, -0.25) is 29.0 Å². The molecule has 0 atom stereocenters. The minimum absolute atomic E-state index is 0.193. The Bertz CT molecular complexity index is 1340. The molecule has 3 N–H and O–H groups in total. The van der Waals surface area contributed by atoms with Crippen molar-refractivity contribution in [3.8, 4) is 0 Å². The molecule has 4 rings (SSSR count). The lowest BCUT2D eigenvalue weighted by atomic mass is 9.77. The lowest BCUT2D eigenvalue weighted by Crippen LogP contribution is -2.53. The summed E-state index contributed by atoms with van der Waals surface area (Å²) >= 11 is 0. The lowest BCUT2D eigenvalue weighted by molar-refractivity contribution is -0.135. The van der Waals surface area contributed by atoms with Gasteiger partial charge in [0, 0.05) is 42.9 Å². The predicted octanol–water partition coefficient (Wildman–Crippen LogP) is 2.60. The molecule has 222 valence electrons. The van der Waals surface area contributed by atoms with Crippen molar-refractivity contribution in [1.82, 2.24) is 15.1 Å². The van der Waals surface area contributed by atoms with Crippen LogP contribution >= 0.6 is 0 Å². The predicted molar refractivity (Wildman–Crippen MR) is 153 cm³/mol. The summed E-state index contributed by atoms with van der Waals surface area (Å²) in [5.74, 6) is -3.44. The van der Waals surface area contributed by atoms with Crippen molar-refractivity contribution >= 4 is 35.6 Å². The van der Waals surface area contributed by atoms with Gasteiger partial charge in [0.25, 0.3) is 11.8 Å². The van der Waals surface area contributed by atoms with E-state index in [2.05, 4.69) is 5.32 Å². The van der Waals surface area contributed by atoms with Crippen molar-refractivity contribution in [2.75, 3.05) is 26.2 Å². The van der Waals surface area contributed by atoms with E-state index in [4.69, 9.17) is 10.2 Å². The van der Waals surface area contributed by atoms with Crippen LogP contribution in [0.3, 0.4) is 0 Å². The third-order valence-electron chi connectivity index (χ3n) is 7.33. The van der Waals surface area contributed by atoms with Crippen molar-refractivity contribution in [3.05, 3.63) is 82.9 Å². The summed E-state index contributed by atoms with van der Waals surface area (Å²) in [4.78, 5) is 73.5. The Kier molecular flexibility index (Phi) is 9.79. The quantitative estimate of drug-likeness (QED) is 0.231. The zero-order valence-corrected chi connectivity index (χ0v) is 24.0. The van der Waals surface area contributed by atoms with E-state index in [1.807, 2.05) is 64.1 Å². The summed E-state index contributed by atoms with van der Waals surface area (Å²) < 4.78 is 0. The van der Waals surface area contributed by atoms with Gasteiger partial charge < -0.3 is 15.5 Å². The highest BCUT2D eigenvalue weighted by molar-refractivity contribution is 6.13. The van der Waals surface area contributed by atoms with Crippen molar-refractivity contribution in [2.45, 2.75) is 44.9 Å². The molecule has 11 nitrogen and oxygen atoms in total. The molecule has 4 amide bonds. The van der Waals surface area contributed by atoms with E-state index >= 15 is 0 Å². The van der Waals surface area contributed by atoms with Crippen molar-refractivity contribution in [2.24, 2.45) is 0 Å². The van der Waals surface area contributed by atoms with E-state index in [0.29, 0.717) is 49.3 Å². The number of benzene rings is 2. The van der Waals surface area contributed by atoms with Crippen molar-refractivity contribution < 1.29 is 39.0 Å². The van der Waals surface area contributed by atoms with Crippen LogP contribution in [-0.2, 0) is 30.0 Å². The summed E-state index contributed by atoms with van der Waals surface area (Å²) in [5.41, 5.74) is 1.15. The van der Waals surface area contributed by atoms with Gasteiger partial charge in [-0.2, -0.15) is 0 Å². The second kappa shape index (κ2) is 12.9. The number of carbonyl (C=O) groups is 6. The molecule has 0 bridgehead atoms. The molecule has 2 aromatic carbocycles. The fourth-order valence-corrected chi connectivity index (χ4v) is 5.04. The minimum Gasteiger partial charge on any atom is -0.478 e. The number of hydrogen-bond acceptors (Lipinski definition) is 7. The Morgan fingerprint density at radius 3 is 1.52 bits per heavy atom. The van der Waals surface area contributed by atoms with Gasteiger partial charge in [-0.25, -0.2) is 9.59 Å². The van der Waals surface area contributed by atoms with Gasteiger partial charge in [-0.05, 0) is 63.9 Å². The zero-order valence-electron chi connectivity index (χ0n) is 24.0. The molecular formula is C31H35N3O8. The number of nitrogens with one attached hydrogen (secondary N) is 1. The van der Waals surface area contributed by atoms with E-state index in [-0.39, 0.29) is 30.2 Å². The number of carboxylic acids is 2. The molecule has 0 radical (unpaired) electrons. The van der Waals surface area contributed by atoms with Crippen LogP contribution in [0.15, 0.2) is 60.7 Å². The molecule has 2 aliphatic heterocycles. The van der Waals surface area contributed by atoms with Crippen molar-refractivity contribution in [3.63, 3.8) is 0 Å². The highest BCUT2D eigenvalue weighted by Crippen LogP contribution is 2.35. The average molecular weight is 578 g/mol. The molecule has 0 aliphatic carbocycles. The Hall–Kier alpha value is -4.64. The molecule has 42 heavy (non-hydrogen) atoms. The van der Waals surface area contributed by atoms with Crippen LogP contribution in [0.5, 0.6) is 0 Å². The van der Waals surface area contributed by atoms with Crippen LogP contribution in [0.25, 0.3) is 0 Å². The first kappa shape index (κ1) is 31.9. The second-order valence-corrected chi connectivity index (χ2v) is 11.0. The average Bonchev–Trinajstić information content (AvgIpc) is 2.95. The topological polar surface area (TPSA) is 161 Å². The first-order valence-electron chi connectivity index (χ1n) is 13.5. The van der Waals surface area contributed by atoms with Crippen LogP contribution in [-0.4, -0.2) is 81.8 Å². The monoisotopic (exact) mass is 577 g/mol. The summed E-state index contributed by atoms with van der Waals surface area (Å²) in [7, 11) is 0. The number of nitrogens with zero attached hydrogens (tertiary/aromatic N) is 2. The summed E-state index contributed by atoms with van der Waals surface area (Å²) in [6, 6.07) is 14.5.